The third kappa shape index (κ3) is 8.55. The minimum atomic E-state index is -1.92. The van der Waals surface area contributed by atoms with Gasteiger partial charge in [-0.25, -0.2) is 4.39 Å². The van der Waals surface area contributed by atoms with Crippen molar-refractivity contribution in [2.45, 2.75) is 76.2 Å². The molecule has 246 valence electrons. The number of carbonyl (C=O) groups excluding carboxylic acids is 2. The molecule has 0 spiro atoms. The van der Waals surface area contributed by atoms with Crippen LogP contribution in [0.1, 0.15) is 49.1 Å². The minimum absolute atomic E-state index is 0.0716. The number of halogens is 1. The number of piperazine rings is 1. The van der Waals surface area contributed by atoms with Gasteiger partial charge < -0.3 is 20.8 Å². The molecule has 1 saturated heterocycles. The van der Waals surface area contributed by atoms with Crippen molar-refractivity contribution < 1.29 is 24.2 Å². The van der Waals surface area contributed by atoms with Crippen LogP contribution in [0.4, 0.5) is 4.39 Å². The van der Waals surface area contributed by atoms with Crippen LogP contribution in [0.15, 0.2) is 79.1 Å². The summed E-state index contributed by atoms with van der Waals surface area (Å²) in [4.78, 5) is 35.5. The number of hydrogen-bond acceptors (Lipinski definition) is 7. The lowest BCUT2D eigenvalue weighted by Crippen LogP contribution is -2.62. The van der Waals surface area contributed by atoms with Gasteiger partial charge in [0, 0.05) is 57.1 Å². The zero-order valence-corrected chi connectivity index (χ0v) is 26.8. The molecule has 10 heteroatoms. The zero-order valence-electron chi connectivity index (χ0n) is 26.8. The van der Waals surface area contributed by atoms with Crippen molar-refractivity contribution in [3.63, 3.8) is 0 Å². The van der Waals surface area contributed by atoms with E-state index in [2.05, 4.69) is 20.5 Å². The molecule has 1 fully saturated rings. The van der Waals surface area contributed by atoms with Gasteiger partial charge in [-0.05, 0) is 55.5 Å². The Bertz CT molecular complexity index is 1450. The highest BCUT2D eigenvalue weighted by Gasteiger charge is 2.41. The number of amides is 2. The molecule has 6 atom stereocenters. The molecule has 2 amide bonds. The van der Waals surface area contributed by atoms with E-state index in [9.17, 15) is 19.8 Å². The number of nitrogens with one attached hydrogen (secondary N) is 2. The number of pyridine rings is 1. The summed E-state index contributed by atoms with van der Waals surface area (Å²) in [5.41, 5.74) is 3.07. The average molecular weight is 632 g/mol. The molecule has 0 unspecified atom stereocenters. The van der Waals surface area contributed by atoms with Gasteiger partial charge in [0.2, 0.25) is 11.8 Å². The standard InChI is InChI=1S/C36H46FN5O4/c1-36(2,3)40-35(46)29-22-41(21-25-12-9-15-38-20-25)16-17-42(29)23-31(44)32(37)28(18-24-10-5-4-6-11-24)34(45)39-33-27-14-8-7-13-26(27)19-30(33)43/h4-15,20,28-33,43-44H,16-19,21-23H2,1-3H3,(H,39,45)(H,40,46)/t28-,29-,30+,31-,32+,33-/m0/s1. The van der Waals surface area contributed by atoms with Gasteiger partial charge >= 0.3 is 0 Å². The lowest BCUT2D eigenvalue weighted by atomic mass is 9.90. The van der Waals surface area contributed by atoms with Crippen LogP contribution >= 0.6 is 0 Å². The van der Waals surface area contributed by atoms with Gasteiger partial charge in [0.05, 0.1) is 24.2 Å². The van der Waals surface area contributed by atoms with Gasteiger partial charge in [-0.3, -0.25) is 24.4 Å². The van der Waals surface area contributed by atoms with Gasteiger partial charge in [-0.1, -0.05) is 60.7 Å². The van der Waals surface area contributed by atoms with Crippen molar-refractivity contribution in [1.82, 2.24) is 25.4 Å². The molecule has 3 aromatic rings. The monoisotopic (exact) mass is 631 g/mol. The highest BCUT2D eigenvalue weighted by Crippen LogP contribution is 2.32. The molecule has 9 nitrogen and oxygen atoms in total. The van der Waals surface area contributed by atoms with Crippen molar-refractivity contribution in [3.8, 4) is 0 Å². The predicted octanol–water partition coefficient (Wildman–Crippen LogP) is 2.81. The number of benzene rings is 2. The Kier molecular flexibility index (Phi) is 10.8. The number of β-amino-alcohol motifs (C(OH)–C–C–N with tert-alkyl or cyclic N) is 1. The minimum Gasteiger partial charge on any atom is -0.390 e. The van der Waals surface area contributed by atoms with E-state index in [1.54, 1.807) is 12.4 Å². The number of aliphatic hydroxyl groups excluding tert-OH is 2. The lowest BCUT2D eigenvalue weighted by Gasteiger charge is -2.42. The van der Waals surface area contributed by atoms with E-state index in [1.165, 1.54) is 0 Å². The van der Waals surface area contributed by atoms with Crippen molar-refractivity contribution >= 4 is 11.8 Å². The highest BCUT2D eigenvalue weighted by molar-refractivity contribution is 5.83. The number of aromatic nitrogens is 1. The molecule has 0 saturated carbocycles. The van der Waals surface area contributed by atoms with Gasteiger partial charge in [0.25, 0.3) is 0 Å². The summed E-state index contributed by atoms with van der Waals surface area (Å²) in [6.07, 6.45) is -0.292. The van der Waals surface area contributed by atoms with Crippen LogP contribution < -0.4 is 10.6 Å². The Morgan fingerprint density at radius 2 is 1.74 bits per heavy atom. The van der Waals surface area contributed by atoms with Crippen LogP contribution in [0.25, 0.3) is 0 Å². The van der Waals surface area contributed by atoms with E-state index in [4.69, 9.17) is 0 Å². The molecule has 46 heavy (non-hydrogen) atoms. The number of rotatable bonds is 11. The topological polar surface area (TPSA) is 118 Å². The molecule has 1 aliphatic heterocycles. The van der Waals surface area contributed by atoms with Crippen LogP contribution in [0.5, 0.6) is 0 Å². The van der Waals surface area contributed by atoms with Crippen LogP contribution in [0.3, 0.4) is 0 Å². The Balaban J connectivity index is 1.32. The second kappa shape index (κ2) is 14.8. The Hall–Kier alpha value is -3.70. The second-order valence-corrected chi connectivity index (χ2v) is 13.6. The number of nitrogens with zero attached hydrogens (tertiary/aromatic N) is 3. The maximum atomic E-state index is 16.5. The maximum Gasteiger partial charge on any atom is 0.239 e. The number of carbonyl (C=O) groups is 2. The maximum absolute atomic E-state index is 16.5. The fourth-order valence-electron chi connectivity index (χ4n) is 6.53. The van der Waals surface area contributed by atoms with Crippen molar-refractivity contribution in [2.24, 2.45) is 5.92 Å². The molecule has 2 aliphatic rings. The lowest BCUT2D eigenvalue weighted by molar-refractivity contribution is -0.135. The molecule has 2 aromatic carbocycles. The molecule has 1 aliphatic carbocycles. The molecule has 5 rings (SSSR count). The first-order chi connectivity index (χ1) is 22.0. The van der Waals surface area contributed by atoms with Crippen LogP contribution in [-0.2, 0) is 29.0 Å². The Labute approximate surface area is 270 Å². The Morgan fingerprint density at radius 3 is 2.46 bits per heavy atom. The third-order valence-electron chi connectivity index (χ3n) is 8.82. The summed E-state index contributed by atoms with van der Waals surface area (Å²) in [5, 5.41) is 28.1. The summed E-state index contributed by atoms with van der Waals surface area (Å²) in [7, 11) is 0. The summed E-state index contributed by atoms with van der Waals surface area (Å²) in [5.74, 6) is -1.98. The molecular weight excluding hydrogens is 585 g/mol. The average Bonchev–Trinajstić information content (AvgIpc) is 3.34. The fourth-order valence-corrected chi connectivity index (χ4v) is 6.53. The van der Waals surface area contributed by atoms with Gasteiger partial charge in [-0.2, -0.15) is 0 Å². The zero-order chi connectivity index (χ0) is 32.8. The predicted molar refractivity (Wildman–Crippen MR) is 174 cm³/mol. The van der Waals surface area contributed by atoms with Crippen molar-refractivity contribution in [2.75, 3.05) is 26.2 Å². The summed E-state index contributed by atoms with van der Waals surface area (Å²) in [6.45, 7) is 7.67. The Morgan fingerprint density at radius 1 is 1.02 bits per heavy atom. The quantitative estimate of drug-likeness (QED) is 0.257. The summed E-state index contributed by atoms with van der Waals surface area (Å²) >= 11 is 0. The van der Waals surface area contributed by atoms with Crippen LogP contribution in [0.2, 0.25) is 0 Å². The van der Waals surface area contributed by atoms with E-state index in [0.717, 1.165) is 22.3 Å². The van der Waals surface area contributed by atoms with Crippen LogP contribution in [-0.4, -0.2) is 93.0 Å². The van der Waals surface area contributed by atoms with Gasteiger partial charge in [0.15, 0.2) is 0 Å². The molecule has 1 aromatic heterocycles. The first-order valence-electron chi connectivity index (χ1n) is 16.1. The third-order valence-corrected chi connectivity index (χ3v) is 8.82. The van der Waals surface area contributed by atoms with Crippen molar-refractivity contribution in [3.05, 3.63) is 101 Å². The van der Waals surface area contributed by atoms with Gasteiger partial charge in [0.1, 0.15) is 12.2 Å². The fraction of sp³-hybridized carbons (Fsp3) is 0.472. The SMILES string of the molecule is CC(C)(C)NC(=O)[C@@H]1CN(Cc2cccnc2)CCN1C[C@H](O)[C@H](F)[C@H](Cc1ccccc1)C(=O)N[C@H]1c2ccccc2C[C@H]1O. The largest absolute Gasteiger partial charge is 0.390 e. The van der Waals surface area contributed by atoms with E-state index in [1.807, 2.05) is 92.4 Å². The number of aliphatic hydroxyl groups is 2. The summed E-state index contributed by atoms with van der Waals surface area (Å²) < 4.78 is 16.5. The van der Waals surface area contributed by atoms with E-state index in [0.29, 0.717) is 32.6 Å². The van der Waals surface area contributed by atoms with Crippen molar-refractivity contribution in [1.29, 1.82) is 0 Å². The molecule has 0 radical (unpaired) electrons. The summed E-state index contributed by atoms with van der Waals surface area (Å²) in [6, 6.07) is 19.2. The number of fused-ring (bicyclic) bond motifs is 1. The van der Waals surface area contributed by atoms with Crippen LogP contribution in [0, 0.1) is 5.92 Å². The molecule has 2 heterocycles. The number of hydrogen-bond donors (Lipinski definition) is 4. The smallest absolute Gasteiger partial charge is 0.239 e. The molecule has 4 N–H and O–H groups in total. The second-order valence-electron chi connectivity index (χ2n) is 13.6. The molecule has 0 bridgehead atoms. The molecular formula is C36H46FN5O4. The number of alkyl halides is 1. The normalized spacial score (nSPS) is 22.4. The van der Waals surface area contributed by atoms with E-state index in [-0.39, 0.29) is 18.9 Å². The highest BCUT2D eigenvalue weighted by atomic mass is 19.1. The first-order valence-corrected chi connectivity index (χ1v) is 16.1. The first kappa shape index (κ1) is 33.7. The van der Waals surface area contributed by atoms with Gasteiger partial charge in [-0.15, -0.1) is 0 Å². The van der Waals surface area contributed by atoms with E-state index < -0.39 is 47.8 Å². The van der Waals surface area contributed by atoms with E-state index >= 15 is 4.39 Å².